The van der Waals surface area contributed by atoms with E-state index in [2.05, 4.69) is 5.22 Å². The van der Waals surface area contributed by atoms with Gasteiger partial charge in [0.25, 0.3) is 0 Å². The Morgan fingerprint density at radius 2 is 1.86 bits per heavy atom. The molecule has 0 aromatic heterocycles. The van der Waals surface area contributed by atoms with Crippen LogP contribution in [0.1, 0.15) is 12.8 Å². The quantitative estimate of drug-likeness (QED) is 0.490. The van der Waals surface area contributed by atoms with E-state index in [1.54, 1.807) is 5.01 Å². The third-order valence-corrected chi connectivity index (χ3v) is 1.22. The van der Waals surface area contributed by atoms with E-state index in [1.807, 2.05) is 0 Å². The van der Waals surface area contributed by atoms with Crippen LogP contribution in [-0.4, -0.2) is 18.1 Å². The Bertz CT molecular complexity index is 65.3. The lowest BCUT2D eigenvalue weighted by Gasteiger charge is -2.03. The lowest BCUT2D eigenvalue weighted by Crippen LogP contribution is -2.08. The van der Waals surface area contributed by atoms with Crippen LogP contribution in [0, 0.1) is 5.53 Å². The molecule has 1 rings (SSSR count). The van der Waals surface area contributed by atoms with Crippen LogP contribution >= 0.6 is 0 Å². The van der Waals surface area contributed by atoms with Crippen LogP contribution in [0.15, 0.2) is 5.22 Å². The van der Waals surface area contributed by atoms with Crippen molar-refractivity contribution in [3.8, 4) is 0 Å². The molecule has 7 heavy (non-hydrogen) atoms. The van der Waals surface area contributed by atoms with Crippen LogP contribution in [0.3, 0.4) is 0 Å². The molecule has 0 aliphatic carbocycles. The van der Waals surface area contributed by atoms with Crippen LogP contribution in [0.5, 0.6) is 0 Å². The van der Waals surface area contributed by atoms with Crippen LogP contribution in [0.4, 0.5) is 0 Å². The predicted octanol–water partition coefficient (Wildman–Crippen LogP) is 1.03. The smallest absolute Gasteiger partial charge is 0.0377 e. The molecule has 0 radical (unpaired) electrons. The summed E-state index contributed by atoms with van der Waals surface area (Å²) in [4.78, 5) is 0. The van der Waals surface area contributed by atoms with E-state index in [-0.39, 0.29) is 0 Å². The second-order valence-electron chi connectivity index (χ2n) is 1.76. The van der Waals surface area contributed by atoms with Gasteiger partial charge in [0, 0.05) is 13.1 Å². The maximum Gasteiger partial charge on any atom is 0.0377 e. The Labute approximate surface area is 42.8 Å². The third kappa shape index (κ3) is 0.885. The van der Waals surface area contributed by atoms with E-state index >= 15 is 0 Å². The van der Waals surface area contributed by atoms with Gasteiger partial charge in [-0.25, -0.2) is 0 Å². The highest BCUT2D eigenvalue weighted by Gasteiger charge is 2.06. The van der Waals surface area contributed by atoms with Gasteiger partial charge in [0.2, 0.25) is 0 Å². The number of rotatable bonds is 1. The second-order valence-corrected chi connectivity index (χ2v) is 1.76. The third-order valence-electron chi connectivity index (χ3n) is 1.22. The Hall–Kier alpha value is -0.600. The van der Waals surface area contributed by atoms with E-state index in [1.165, 1.54) is 12.8 Å². The van der Waals surface area contributed by atoms with E-state index in [9.17, 15) is 0 Å². The Morgan fingerprint density at radius 3 is 2.14 bits per heavy atom. The van der Waals surface area contributed by atoms with Gasteiger partial charge in [0.05, 0.1) is 0 Å². The van der Waals surface area contributed by atoms with Gasteiger partial charge >= 0.3 is 0 Å². The fourth-order valence-electron chi connectivity index (χ4n) is 0.800. The summed E-state index contributed by atoms with van der Waals surface area (Å²) in [5.41, 5.74) is 6.55. The number of hydrogen-bond acceptors (Lipinski definition) is 2. The van der Waals surface area contributed by atoms with Crippen molar-refractivity contribution in [2.24, 2.45) is 5.22 Å². The molecule has 0 saturated carbocycles. The highest BCUT2D eigenvalue weighted by atomic mass is 15.5. The molecule has 1 N–H and O–H groups in total. The van der Waals surface area contributed by atoms with Crippen LogP contribution in [-0.2, 0) is 0 Å². The summed E-state index contributed by atoms with van der Waals surface area (Å²) < 4.78 is 0. The Balaban J connectivity index is 2.26. The van der Waals surface area contributed by atoms with E-state index < -0.39 is 0 Å². The molecule has 1 saturated heterocycles. The van der Waals surface area contributed by atoms with Crippen molar-refractivity contribution in [2.75, 3.05) is 13.1 Å². The standard InChI is InChI=1S/C4H9N3/c5-6-7-3-1-2-4-7/h5H,1-4H2. The SMILES string of the molecule is N=NN1CCCC1. The Kier molecular flexibility index (Phi) is 1.24. The minimum absolute atomic E-state index is 0.990. The molecule has 1 heterocycles. The van der Waals surface area contributed by atoms with Crippen molar-refractivity contribution < 1.29 is 0 Å². The minimum atomic E-state index is 0.990. The van der Waals surface area contributed by atoms with Gasteiger partial charge in [-0.2, -0.15) is 5.53 Å². The lowest BCUT2D eigenvalue weighted by atomic mass is 10.4. The molecule has 0 bridgehead atoms. The summed E-state index contributed by atoms with van der Waals surface area (Å²) >= 11 is 0. The molecule has 1 fully saturated rings. The topological polar surface area (TPSA) is 39.5 Å². The van der Waals surface area contributed by atoms with Crippen molar-refractivity contribution in [1.29, 1.82) is 5.53 Å². The van der Waals surface area contributed by atoms with E-state index in [0.717, 1.165) is 13.1 Å². The zero-order chi connectivity index (χ0) is 5.11. The zero-order valence-corrected chi connectivity index (χ0v) is 4.22. The average molecular weight is 99.1 g/mol. The molecule has 40 valence electrons. The van der Waals surface area contributed by atoms with Gasteiger partial charge in [-0.05, 0) is 12.8 Å². The molecular weight excluding hydrogens is 90.1 g/mol. The summed E-state index contributed by atoms with van der Waals surface area (Å²) in [5.74, 6) is 0. The van der Waals surface area contributed by atoms with Gasteiger partial charge in [0.15, 0.2) is 0 Å². The molecule has 0 aromatic rings. The first-order valence-corrected chi connectivity index (χ1v) is 2.56. The summed E-state index contributed by atoms with van der Waals surface area (Å²) in [5, 5.41) is 5.05. The lowest BCUT2D eigenvalue weighted by molar-refractivity contribution is 0.325. The first-order chi connectivity index (χ1) is 3.43. The maximum atomic E-state index is 6.55. The van der Waals surface area contributed by atoms with Crippen LogP contribution in [0.25, 0.3) is 0 Å². The van der Waals surface area contributed by atoms with Crippen LogP contribution in [0.2, 0.25) is 0 Å². The van der Waals surface area contributed by atoms with Crippen LogP contribution < -0.4 is 0 Å². The van der Waals surface area contributed by atoms with Crippen molar-refractivity contribution >= 4 is 0 Å². The van der Waals surface area contributed by atoms with Gasteiger partial charge in [-0.3, -0.25) is 5.01 Å². The normalized spacial score (nSPS) is 20.3. The molecule has 0 spiro atoms. The van der Waals surface area contributed by atoms with E-state index in [4.69, 9.17) is 5.53 Å². The molecule has 3 heteroatoms. The average Bonchev–Trinajstić information content (AvgIpc) is 2.14. The number of nitrogens with zero attached hydrogens (tertiary/aromatic N) is 2. The molecule has 1 aliphatic rings. The second kappa shape index (κ2) is 1.91. The van der Waals surface area contributed by atoms with Gasteiger partial charge in [-0.15, -0.1) is 0 Å². The maximum absolute atomic E-state index is 6.55. The largest absolute Gasteiger partial charge is 0.279 e. The van der Waals surface area contributed by atoms with Gasteiger partial charge in [-0.1, -0.05) is 5.22 Å². The van der Waals surface area contributed by atoms with Crippen molar-refractivity contribution in [1.82, 2.24) is 5.01 Å². The van der Waals surface area contributed by atoms with E-state index in [0.29, 0.717) is 0 Å². The fourth-order valence-corrected chi connectivity index (χ4v) is 0.800. The van der Waals surface area contributed by atoms with Crippen molar-refractivity contribution in [2.45, 2.75) is 12.8 Å². The number of nitrogens with one attached hydrogen (secondary N) is 1. The molecule has 0 aromatic carbocycles. The summed E-state index contributed by atoms with van der Waals surface area (Å²) in [6.07, 6.45) is 2.42. The number of hydrogen-bond donors (Lipinski definition) is 1. The highest BCUT2D eigenvalue weighted by molar-refractivity contribution is 4.58. The Morgan fingerprint density at radius 1 is 1.29 bits per heavy atom. The summed E-state index contributed by atoms with van der Waals surface area (Å²) in [6, 6.07) is 0. The monoisotopic (exact) mass is 99.1 g/mol. The van der Waals surface area contributed by atoms with Gasteiger partial charge < -0.3 is 0 Å². The first kappa shape index (κ1) is 4.56. The van der Waals surface area contributed by atoms with Crippen molar-refractivity contribution in [3.63, 3.8) is 0 Å². The molecule has 1 aliphatic heterocycles. The predicted molar refractivity (Wildman–Crippen MR) is 26.0 cm³/mol. The van der Waals surface area contributed by atoms with Crippen molar-refractivity contribution in [3.05, 3.63) is 0 Å². The molecule has 3 nitrogen and oxygen atoms in total. The molecule has 0 unspecified atom stereocenters. The minimum Gasteiger partial charge on any atom is -0.279 e. The fraction of sp³-hybridized carbons (Fsp3) is 1.00. The molecule has 0 atom stereocenters. The molecular formula is C4H9N3. The summed E-state index contributed by atoms with van der Waals surface area (Å²) in [6.45, 7) is 1.98. The summed E-state index contributed by atoms with van der Waals surface area (Å²) in [7, 11) is 0. The van der Waals surface area contributed by atoms with Gasteiger partial charge in [0.1, 0.15) is 0 Å². The first-order valence-electron chi connectivity index (χ1n) is 2.56. The highest BCUT2D eigenvalue weighted by Crippen LogP contribution is 2.05. The zero-order valence-electron chi connectivity index (χ0n) is 4.22. The molecule has 0 amide bonds.